The zero-order valence-corrected chi connectivity index (χ0v) is 10.9. The van der Waals surface area contributed by atoms with E-state index in [4.69, 9.17) is 0 Å². The van der Waals surface area contributed by atoms with E-state index in [0.717, 1.165) is 0 Å². The molecule has 0 spiro atoms. The van der Waals surface area contributed by atoms with Crippen LogP contribution in [0, 0.1) is 0 Å². The van der Waals surface area contributed by atoms with Crippen molar-refractivity contribution in [1.82, 2.24) is 0 Å². The number of hydrogen-bond donors (Lipinski definition) is 0. The van der Waals surface area contributed by atoms with Gasteiger partial charge in [0.25, 0.3) is 0 Å². The van der Waals surface area contributed by atoms with Gasteiger partial charge in [-0.3, -0.25) is 0 Å². The van der Waals surface area contributed by atoms with Gasteiger partial charge >= 0.3 is 103 Å². The number of allylic oxidation sites excluding steroid dienone is 12. The Kier molecular flexibility index (Phi) is 2.95. The Morgan fingerprint density at radius 3 is 1.25 bits per heavy atom. The van der Waals surface area contributed by atoms with E-state index >= 15 is 0 Å². The quantitative estimate of drug-likeness (QED) is 0.653. The van der Waals surface area contributed by atoms with Crippen molar-refractivity contribution < 1.29 is 17.9 Å². The van der Waals surface area contributed by atoms with Crippen LogP contribution in [-0.2, 0) is 17.9 Å². The molecule has 16 heavy (non-hydrogen) atoms. The molecule has 0 saturated carbocycles. The van der Waals surface area contributed by atoms with Crippen LogP contribution in [-0.4, -0.2) is 0 Å². The fraction of sp³-hybridized carbons (Fsp3) is 0.200. The third-order valence-electron chi connectivity index (χ3n) is 3.28. The summed E-state index contributed by atoms with van der Waals surface area (Å²) in [7, 11) is 0. The van der Waals surface area contributed by atoms with Crippen LogP contribution in [0.2, 0.25) is 0 Å². The standard InChI is InChI=1S/3C5H5.Ti/c3*1-2-4-5-3-1;/h3*1-3H,4H2;. The van der Waals surface area contributed by atoms with Crippen molar-refractivity contribution in [2.24, 2.45) is 0 Å². The molecule has 3 aliphatic carbocycles. The van der Waals surface area contributed by atoms with Crippen LogP contribution in [0.1, 0.15) is 19.3 Å². The summed E-state index contributed by atoms with van der Waals surface area (Å²) in [6.45, 7) is 0. The van der Waals surface area contributed by atoms with Gasteiger partial charge in [0, 0.05) is 0 Å². The minimum absolute atomic E-state index is 1.20. The van der Waals surface area contributed by atoms with Gasteiger partial charge in [-0.15, -0.1) is 0 Å². The van der Waals surface area contributed by atoms with Crippen LogP contribution in [0.5, 0.6) is 0 Å². The van der Waals surface area contributed by atoms with Crippen LogP contribution in [0.15, 0.2) is 66.3 Å². The normalized spacial score (nSPS) is 21.4. The van der Waals surface area contributed by atoms with Crippen molar-refractivity contribution in [2.45, 2.75) is 19.3 Å². The Hall–Kier alpha value is -0.846. The van der Waals surface area contributed by atoms with Gasteiger partial charge < -0.3 is 0 Å². The predicted octanol–water partition coefficient (Wildman–Crippen LogP) is 4.14. The second-order valence-corrected chi connectivity index (χ2v) is 8.53. The third kappa shape index (κ3) is 1.88. The molecule has 79 valence electrons. The summed E-state index contributed by atoms with van der Waals surface area (Å²) in [4.78, 5) is 0. The average Bonchev–Trinajstić information content (AvgIpc) is 3.02. The van der Waals surface area contributed by atoms with Crippen LogP contribution < -0.4 is 0 Å². The fourth-order valence-electron chi connectivity index (χ4n) is 2.52. The fourth-order valence-corrected chi connectivity index (χ4v) is 7.19. The second-order valence-electron chi connectivity index (χ2n) is 4.35. The molecule has 0 unspecified atom stereocenters. The number of hydrogen-bond acceptors (Lipinski definition) is 0. The average molecular weight is 243 g/mol. The molecule has 0 saturated heterocycles. The Labute approximate surface area is 103 Å². The van der Waals surface area contributed by atoms with Crippen molar-refractivity contribution in [3.63, 3.8) is 0 Å². The zero-order valence-electron chi connectivity index (χ0n) is 9.32. The molecule has 0 N–H and O–H groups in total. The van der Waals surface area contributed by atoms with Gasteiger partial charge in [-0.05, 0) is 0 Å². The van der Waals surface area contributed by atoms with Gasteiger partial charge in [-0.1, -0.05) is 0 Å². The van der Waals surface area contributed by atoms with Crippen molar-refractivity contribution in [1.29, 1.82) is 0 Å². The zero-order chi connectivity index (χ0) is 10.8. The van der Waals surface area contributed by atoms with E-state index in [-0.39, 0.29) is 0 Å². The van der Waals surface area contributed by atoms with Gasteiger partial charge in [-0.2, -0.15) is 0 Å². The third-order valence-corrected chi connectivity index (χ3v) is 8.02. The van der Waals surface area contributed by atoms with E-state index in [1.807, 2.05) is 0 Å². The molecule has 3 rings (SSSR count). The summed E-state index contributed by atoms with van der Waals surface area (Å²) < 4.78 is 5.18. The first-order valence-corrected chi connectivity index (χ1v) is 8.24. The summed E-state index contributed by atoms with van der Waals surface area (Å²) in [6.07, 6.45) is 24.3. The van der Waals surface area contributed by atoms with E-state index in [2.05, 4.69) is 54.7 Å². The van der Waals surface area contributed by atoms with Gasteiger partial charge in [0.1, 0.15) is 0 Å². The molecule has 0 amide bonds. The molecule has 3 aliphatic rings. The molecule has 0 aromatic carbocycles. The Morgan fingerprint density at radius 1 is 0.625 bits per heavy atom. The maximum atomic E-state index is 2.37. The number of rotatable bonds is 3. The molecule has 1 heteroatoms. The first kappa shape index (κ1) is 10.3. The van der Waals surface area contributed by atoms with Crippen molar-refractivity contribution in [3.8, 4) is 0 Å². The predicted molar refractivity (Wildman–Crippen MR) is 65.5 cm³/mol. The van der Waals surface area contributed by atoms with Gasteiger partial charge in [0.05, 0.1) is 0 Å². The molecule has 0 fully saturated rings. The molecule has 0 radical (unpaired) electrons. The summed E-state index contributed by atoms with van der Waals surface area (Å²) in [5, 5.41) is 0. The summed E-state index contributed by atoms with van der Waals surface area (Å²) >= 11 is -1.31. The molecule has 0 aliphatic heterocycles. The summed E-state index contributed by atoms with van der Waals surface area (Å²) in [6, 6.07) is 0. The summed E-state index contributed by atoms with van der Waals surface area (Å²) in [5.74, 6) is 0. The van der Waals surface area contributed by atoms with E-state index < -0.39 is 17.9 Å². The van der Waals surface area contributed by atoms with Crippen molar-refractivity contribution in [2.75, 3.05) is 0 Å². The van der Waals surface area contributed by atoms with E-state index in [0.29, 0.717) is 0 Å². The van der Waals surface area contributed by atoms with E-state index in [1.165, 1.54) is 19.3 Å². The van der Waals surface area contributed by atoms with E-state index in [9.17, 15) is 0 Å². The molecule has 0 heterocycles. The molecule has 0 aromatic rings. The first-order valence-electron chi connectivity index (χ1n) is 5.90. The molecule has 0 nitrogen and oxygen atoms in total. The van der Waals surface area contributed by atoms with Crippen molar-refractivity contribution >= 4 is 0 Å². The molecule has 0 aromatic heterocycles. The topological polar surface area (TPSA) is 0 Å². The van der Waals surface area contributed by atoms with Crippen molar-refractivity contribution in [3.05, 3.63) is 66.3 Å². The Bertz CT molecular complexity index is 398. The van der Waals surface area contributed by atoms with E-state index in [1.54, 1.807) is 11.6 Å². The molecule has 0 atom stereocenters. The Morgan fingerprint density at radius 2 is 1.00 bits per heavy atom. The summed E-state index contributed by atoms with van der Waals surface area (Å²) in [5.41, 5.74) is 0. The van der Waals surface area contributed by atoms with Gasteiger partial charge in [-0.25, -0.2) is 0 Å². The Balaban J connectivity index is 1.89. The molecular formula is C15H15Ti. The van der Waals surface area contributed by atoms with Crippen LogP contribution in [0.3, 0.4) is 0 Å². The monoisotopic (exact) mass is 243 g/mol. The van der Waals surface area contributed by atoms with Gasteiger partial charge in [0.2, 0.25) is 0 Å². The van der Waals surface area contributed by atoms with Crippen LogP contribution in [0.4, 0.5) is 0 Å². The van der Waals surface area contributed by atoms with Gasteiger partial charge in [0.15, 0.2) is 0 Å². The van der Waals surface area contributed by atoms with Crippen LogP contribution >= 0.6 is 0 Å². The first-order chi connectivity index (χ1) is 7.95. The second kappa shape index (κ2) is 4.57. The molecule has 0 bridgehead atoms. The minimum atomic E-state index is -1.31. The van der Waals surface area contributed by atoms with Crippen LogP contribution in [0.25, 0.3) is 0 Å². The molecular weight excluding hydrogens is 228 g/mol. The maximum absolute atomic E-state index is 2.37. The SMILES string of the molecule is C1=CC[C]([Ti]([C]2=CC=CC2)[C]2=CC=CC2)=C1.